The fourth-order valence-electron chi connectivity index (χ4n) is 2.90. The number of anilines is 2. The lowest BCUT2D eigenvalue weighted by molar-refractivity contribution is 0.102. The van der Waals surface area contributed by atoms with Crippen LogP contribution < -0.4 is 19.5 Å². The van der Waals surface area contributed by atoms with Crippen LogP contribution in [0.25, 0.3) is 0 Å². The lowest BCUT2D eigenvalue weighted by Gasteiger charge is -2.14. The summed E-state index contributed by atoms with van der Waals surface area (Å²) in [6.45, 7) is 3.65. The Kier molecular flexibility index (Phi) is 6.50. The van der Waals surface area contributed by atoms with Crippen molar-refractivity contribution in [1.82, 2.24) is 0 Å². The highest BCUT2D eigenvalue weighted by Crippen LogP contribution is 2.30. The molecule has 3 rings (SSSR count). The lowest BCUT2D eigenvalue weighted by atomic mass is 10.1. The first-order chi connectivity index (χ1) is 14.7. The van der Waals surface area contributed by atoms with Gasteiger partial charge in [-0.15, -0.1) is 0 Å². The van der Waals surface area contributed by atoms with E-state index in [0.717, 1.165) is 5.56 Å². The molecule has 1 amide bonds. The average molecular weight is 441 g/mol. The number of carbonyl (C=O) groups excluding carboxylic acids is 1. The molecule has 31 heavy (non-hydrogen) atoms. The smallest absolute Gasteiger partial charge is 0.261 e. The number of benzene rings is 3. The zero-order valence-electron chi connectivity index (χ0n) is 17.7. The summed E-state index contributed by atoms with van der Waals surface area (Å²) < 4.78 is 38.6. The van der Waals surface area contributed by atoms with E-state index in [9.17, 15) is 13.2 Å². The van der Waals surface area contributed by atoms with Gasteiger partial charge in [-0.1, -0.05) is 23.8 Å². The highest BCUT2D eigenvalue weighted by atomic mass is 32.2. The van der Waals surface area contributed by atoms with Gasteiger partial charge < -0.3 is 14.8 Å². The zero-order valence-corrected chi connectivity index (χ0v) is 18.5. The summed E-state index contributed by atoms with van der Waals surface area (Å²) in [4.78, 5) is 13.0. The number of hydrogen-bond acceptors (Lipinski definition) is 5. The van der Waals surface area contributed by atoms with Crippen LogP contribution in [-0.2, 0) is 10.0 Å². The summed E-state index contributed by atoms with van der Waals surface area (Å²) in [7, 11) is -0.763. The first kappa shape index (κ1) is 22.2. The summed E-state index contributed by atoms with van der Waals surface area (Å²) in [6.07, 6.45) is 0. The normalized spacial score (nSPS) is 11.0. The van der Waals surface area contributed by atoms with Crippen LogP contribution >= 0.6 is 0 Å². The maximum absolute atomic E-state index is 12.8. The molecule has 0 saturated heterocycles. The van der Waals surface area contributed by atoms with Crippen LogP contribution in [0.1, 0.15) is 21.5 Å². The van der Waals surface area contributed by atoms with E-state index < -0.39 is 15.9 Å². The molecular weight excluding hydrogens is 416 g/mol. The second-order valence-electron chi connectivity index (χ2n) is 6.97. The molecule has 0 radical (unpaired) electrons. The molecule has 162 valence electrons. The molecule has 0 unspecified atom stereocenters. The molecule has 0 aliphatic carbocycles. The van der Waals surface area contributed by atoms with Crippen LogP contribution in [0.5, 0.6) is 11.5 Å². The van der Waals surface area contributed by atoms with Crippen LogP contribution in [0.4, 0.5) is 11.4 Å². The molecular formula is C23H24N2O5S. The summed E-state index contributed by atoms with van der Waals surface area (Å²) in [5, 5.41) is 2.78. The Labute approximate surface area is 182 Å². The van der Waals surface area contributed by atoms with E-state index in [0.29, 0.717) is 28.4 Å². The summed E-state index contributed by atoms with van der Waals surface area (Å²) in [6, 6.07) is 16.4. The van der Waals surface area contributed by atoms with Gasteiger partial charge in [0.15, 0.2) is 0 Å². The minimum absolute atomic E-state index is 0.147. The second kappa shape index (κ2) is 9.09. The molecule has 0 aliphatic rings. The Morgan fingerprint density at radius 2 is 1.55 bits per heavy atom. The highest BCUT2D eigenvalue weighted by molar-refractivity contribution is 7.92. The van der Waals surface area contributed by atoms with E-state index in [4.69, 9.17) is 9.47 Å². The van der Waals surface area contributed by atoms with Crippen molar-refractivity contribution in [3.8, 4) is 11.5 Å². The zero-order chi connectivity index (χ0) is 22.6. The van der Waals surface area contributed by atoms with Crippen molar-refractivity contribution in [2.45, 2.75) is 18.7 Å². The van der Waals surface area contributed by atoms with Crippen molar-refractivity contribution >= 4 is 27.3 Å². The van der Waals surface area contributed by atoms with Gasteiger partial charge in [-0.3, -0.25) is 9.52 Å². The number of methoxy groups -OCH3 is 2. The number of nitrogens with one attached hydrogen (secondary N) is 2. The molecule has 0 heterocycles. The maximum atomic E-state index is 12.8. The average Bonchev–Trinajstić information content (AvgIpc) is 2.75. The van der Waals surface area contributed by atoms with Gasteiger partial charge in [-0.05, 0) is 55.8 Å². The number of sulfonamides is 1. The summed E-state index contributed by atoms with van der Waals surface area (Å²) >= 11 is 0. The Morgan fingerprint density at radius 1 is 0.839 bits per heavy atom. The van der Waals surface area contributed by atoms with Gasteiger partial charge in [0.2, 0.25) is 0 Å². The van der Waals surface area contributed by atoms with Gasteiger partial charge in [-0.2, -0.15) is 0 Å². The summed E-state index contributed by atoms with van der Waals surface area (Å²) in [5.41, 5.74) is 2.70. The minimum atomic E-state index is -3.79. The number of amides is 1. The standard InChI is InChI=1S/C23H24N2O5S/c1-15-5-10-19(11-6-15)31(27,28)25-20-13-17(8-7-16(20)2)23(26)24-21-14-18(29-3)9-12-22(21)30-4/h5-14,25H,1-4H3,(H,24,26). The number of aryl methyl sites for hydroxylation is 2. The third kappa shape index (κ3) is 5.16. The Morgan fingerprint density at radius 3 is 2.19 bits per heavy atom. The number of hydrogen-bond donors (Lipinski definition) is 2. The van der Waals surface area contributed by atoms with Gasteiger partial charge in [0.05, 0.1) is 30.5 Å². The first-order valence-corrected chi connectivity index (χ1v) is 11.0. The van der Waals surface area contributed by atoms with E-state index >= 15 is 0 Å². The molecule has 0 atom stereocenters. The van der Waals surface area contributed by atoms with Gasteiger partial charge in [0, 0.05) is 11.6 Å². The van der Waals surface area contributed by atoms with Crippen molar-refractivity contribution in [3.05, 3.63) is 77.4 Å². The fraction of sp³-hybridized carbons (Fsp3) is 0.174. The molecule has 2 N–H and O–H groups in total. The SMILES string of the molecule is COc1ccc(OC)c(NC(=O)c2ccc(C)c(NS(=O)(=O)c3ccc(C)cc3)c2)c1. The molecule has 0 fully saturated rings. The molecule has 3 aromatic carbocycles. The molecule has 0 saturated carbocycles. The lowest BCUT2D eigenvalue weighted by Crippen LogP contribution is -2.16. The van der Waals surface area contributed by atoms with Crippen LogP contribution in [0.15, 0.2) is 65.6 Å². The molecule has 0 aliphatic heterocycles. The Bertz CT molecular complexity index is 1210. The van der Waals surface area contributed by atoms with Crippen LogP contribution in [0.2, 0.25) is 0 Å². The van der Waals surface area contributed by atoms with Crippen molar-refractivity contribution < 1.29 is 22.7 Å². The minimum Gasteiger partial charge on any atom is -0.497 e. The molecule has 3 aromatic rings. The van der Waals surface area contributed by atoms with Gasteiger partial charge in [0.25, 0.3) is 15.9 Å². The van der Waals surface area contributed by atoms with Crippen molar-refractivity contribution in [1.29, 1.82) is 0 Å². The molecule has 0 bridgehead atoms. The van der Waals surface area contributed by atoms with Crippen molar-refractivity contribution in [3.63, 3.8) is 0 Å². The van der Waals surface area contributed by atoms with Crippen molar-refractivity contribution in [2.24, 2.45) is 0 Å². The quantitative estimate of drug-likeness (QED) is 0.569. The largest absolute Gasteiger partial charge is 0.497 e. The number of rotatable bonds is 7. The van der Waals surface area contributed by atoms with Crippen molar-refractivity contribution in [2.75, 3.05) is 24.3 Å². The Balaban J connectivity index is 1.87. The molecule has 0 aromatic heterocycles. The van der Waals surface area contributed by atoms with E-state index in [1.165, 1.54) is 20.3 Å². The van der Waals surface area contributed by atoms with Crippen LogP contribution in [-0.4, -0.2) is 28.5 Å². The monoisotopic (exact) mass is 440 g/mol. The van der Waals surface area contributed by atoms with E-state index in [1.54, 1.807) is 61.5 Å². The Hall–Kier alpha value is -3.52. The third-order valence-corrected chi connectivity index (χ3v) is 6.11. The van der Waals surface area contributed by atoms with Gasteiger partial charge in [-0.25, -0.2) is 8.42 Å². The number of carbonyl (C=O) groups is 1. The van der Waals surface area contributed by atoms with Gasteiger partial charge >= 0.3 is 0 Å². The maximum Gasteiger partial charge on any atom is 0.261 e. The van der Waals surface area contributed by atoms with E-state index in [2.05, 4.69) is 10.0 Å². The first-order valence-electron chi connectivity index (χ1n) is 9.47. The highest BCUT2D eigenvalue weighted by Gasteiger charge is 2.17. The fourth-order valence-corrected chi connectivity index (χ4v) is 4.02. The number of ether oxygens (including phenoxy) is 2. The third-order valence-electron chi connectivity index (χ3n) is 4.73. The molecule has 7 nitrogen and oxygen atoms in total. The van der Waals surface area contributed by atoms with Crippen LogP contribution in [0, 0.1) is 13.8 Å². The molecule has 0 spiro atoms. The summed E-state index contributed by atoms with van der Waals surface area (Å²) in [5.74, 6) is 0.621. The van der Waals surface area contributed by atoms with E-state index in [-0.39, 0.29) is 10.5 Å². The predicted octanol–water partition coefficient (Wildman–Crippen LogP) is 4.37. The van der Waals surface area contributed by atoms with Crippen LogP contribution in [0.3, 0.4) is 0 Å². The van der Waals surface area contributed by atoms with E-state index in [1.807, 2.05) is 6.92 Å². The molecule has 8 heteroatoms. The predicted molar refractivity (Wildman–Crippen MR) is 121 cm³/mol. The second-order valence-corrected chi connectivity index (χ2v) is 8.65. The topological polar surface area (TPSA) is 93.7 Å². The van der Waals surface area contributed by atoms with Gasteiger partial charge in [0.1, 0.15) is 11.5 Å².